The van der Waals surface area contributed by atoms with Crippen LogP contribution in [0, 0.1) is 17.0 Å². The summed E-state index contributed by atoms with van der Waals surface area (Å²) < 4.78 is 5.15. The largest absolute Gasteiger partial charge is 0.497 e. The van der Waals surface area contributed by atoms with Crippen LogP contribution in [0.15, 0.2) is 42.5 Å². The molecule has 1 heterocycles. The molecular formula is C17H16N4O3. The molecule has 1 aromatic heterocycles. The number of nitro groups is 1. The van der Waals surface area contributed by atoms with Crippen LogP contribution in [0.4, 0.5) is 5.69 Å². The first-order valence-corrected chi connectivity index (χ1v) is 7.32. The number of rotatable bonds is 4. The molecule has 0 fully saturated rings. The Morgan fingerprint density at radius 3 is 2.50 bits per heavy atom. The van der Waals surface area contributed by atoms with Crippen LogP contribution in [0.25, 0.3) is 10.9 Å². The lowest BCUT2D eigenvalue weighted by Crippen LogP contribution is -2.15. The molecule has 1 atom stereocenters. The highest BCUT2D eigenvalue weighted by atomic mass is 16.6. The Balaban J connectivity index is 2.11. The number of aromatic nitrogens is 2. The van der Waals surface area contributed by atoms with E-state index in [0.717, 1.165) is 11.3 Å². The molecule has 0 aliphatic heterocycles. The molecule has 7 nitrogen and oxygen atoms in total. The summed E-state index contributed by atoms with van der Waals surface area (Å²) in [7, 11) is 1.60. The number of hydrogen-bond acceptors (Lipinski definition) is 6. The van der Waals surface area contributed by atoms with E-state index < -0.39 is 11.0 Å². The number of fused-ring (bicyclic) bond motifs is 1. The zero-order chi connectivity index (χ0) is 17.3. The fraction of sp³-hybridized carbons (Fsp3) is 0.176. The topological polar surface area (TPSA) is 104 Å². The summed E-state index contributed by atoms with van der Waals surface area (Å²) in [6, 6.07) is 11.5. The van der Waals surface area contributed by atoms with Gasteiger partial charge in [-0.3, -0.25) is 10.1 Å². The summed E-state index contributed by atoms with van der Waals surface area (Å²) in [6.45, 7) is 1.74. The van der Waals surface area contributed by atoms with Gasteiger partial charge in [-0.25, -0.2) is 9.97 Å². The molecule has 122 valence electrons. The number of nitro benzene ring substituents is 1. The van der Waals surface area contributed by atoms with Crippen molar-refractivity contribution in [2.45, 2.75) is 13.0 Å². The maximum Gasteiger partial charge on any atom is 0.271 e. The number of nitrogens with zero attached hydrogens (tertiary/aromatic N) is 3. The van der Waals surface area contributed by atoms with Crippen LogP contribution >= 0.6 is 0 Å². The summed E-state index contributed by atoms with van der Waals surface area (Å²) in [5.41, 5.74) is 8.38. The molecule has 0 aliphatic carbocycles. The molecule has 24 heavy (non-hydrogen) atoms. The van der Waals surface area contributed by atoms with Gasteiger partial charge in [0.2, 0.25) is 0 Å². The van der Waals surface area contributed by atoms with Crippen molar-refractivity contribution >= 4 is 16.6 Å². The van der Waals surface area contributed by atoms with Crippen molar-refractivity contribution in [3.05, 3.63) is 69.7 Å². The summed E-state index contributed by atoms with van der Waals surface area (Å²) in [6.07, 6.45) is 0. The molecule has 2 N–H and O–H groups in total. The van der Waals surface area contributed by atoms with Gasteiger partial charge < -0.3 is 10.5 Å². The van der Waals surface area contributed by atoms with Gasteiger partial charge in [0, 0.05) is 17.5 Å². The SMILES string of the molecule is COc1ccc(C(N)c2nc(C)nc3cc([N+](=O)[O-])ccc23)cc1. The Morgan fingerprint density at radius 1 is 1.17 bits per heavy atom. The minimum atomic E-state index is -0.471. The molecule has 3 rings (SSSR count). The summed E-state index contributed by atoms with van der Waals surface area (Å²) in [5.74, 6) is 1.26. The number of nitrogens with two attached hydrogens (primary N) is 1. The lowest BCUT2D eigenvalue weighted by atomic mass is 10.0. The summed E-state index contributed by atoms with van der Waals surface area (Å²) in [5, 5.41) is 11.7. The normalized spacial score (nSPS) is 12.1. The molecular weight excluding hydrogens is 308 g/mol. The highest BCUT2D eigenvalue weighted by Gasteiger charge is 2.17. The lowest BCUT2D eigenvalue weighted by Gasteiger charge is -2.15. The smallest absolute Gasteiger partial charge is 0.271 e. The average molecular weight is 324 g/mol. The van der Waals surface area contributed by atoms with Crippen LogP contribution in [0.3, 0.4) is 0 Å². The van der Waals surface area contributed by atoms with Crippen LogP contribution in [0.1, 0.15) is 23.1 Å². The van der Waals surface area contributed by atoms with Gasteiger partial charge in [-0.1, -0.05) is 12.1 Å². The molecule has 0 saturated carbocycles. The van der Waals surface area contributed by atoms with Crippen molar-refractivity contribution in [3.63, 3.8) is 0 Å². The quantitative estimate of drug-likeness (QED) is 0.584. The summed E-state index contributed by atoms with van der Waals surface area (Å²) in [4.78, 5) is 19.3. The fourth-order valence-corrected chi connectivity index (χ4v) is 2.58. The van der Waals surface area contributed by atoms with Crippen molar-refractivity contribution < 1.29 is 9.66 Å². The number of ether oxygens (including phenoxy) is 1. The molecule has 2 aromatic carbocycles. The molecule has 1 unspecified atom stereocenters. The Labute approximate surface area is 138 Å². The Hall–Kier alpha value is -3.06. The number of methoxy groups -OCH3 is 1. The molecule has 0 saturated heterocycles. The van der Waals surface area contributed by atoms with Crippen LogP contribution in [-0.2, 0) is 0 Å². The van der Waals surface area contributed by atoms with Gasteiger partial charge in [0.15, 0.2) is 0 Å². The summed E-state index contributed by atoms with van der Waals surface area (Å²) >= 11 is 0. The second-order valence-corrected chi connectivity index (χ2v) is 5.37. The van der Waals surface area contributed by atoms with Crippen LogP contribution in [0.2, 0.25) is 0 Å². The van der Waals surface area contributed by atoms with E-state index in [9.17, 15) is 10.1 Å². The number of hydrogen-bond donors (Lipinski definition) is 1. The fourth-order valence-electron chi connectivity index (χ4n) is 2.58. The zero-order valence-electron chi connectivity index (χ0n) is 13.3. The van der Waals surface area contributed by atoms with E-state index >= 15 is 0 Å². The second-order valence-electron chi connectivity index (χ2n) is 5.37. The standard InChI is InChI=1S/C17H16N4O3/c1-10-19-15-9-12(21(22)23)5-8-14(15)17(20-10)16(18)11-3-6-13(24-2)7-4-11/h3-9,16H,18H2,1-2H3. The molecule has 0 radical (unpaired) electrons. The molecule has 7 heteroatoms. The van der Waals surface area contributed by atoms with E-state index in [2.05, 4.69) is 9.97 Å². The highest BCUT2D eigenvalue weighted by molar-refractivity contribution is 5.84. The van der Waals surface area contributed by atoms with Crippen LogP contribution < -0.4 is 10.5 Å². The second kappa shape index (κ2) is 6.21. The number of aryl methyl sites for hydroxylation is 1. The first-order chi connectivity index (χ1) is 11.5. The Bertz CT molecular complexity index is 910. The molecule has 0 spiro atoms. The van der Waals surface area contributed by atoms with Gasteiger partial charge >= 0.3 is 0 Å². The zero-order valence-corrected chi connectivity index (χ0v) is 13.3. The van der Waals surface area contributed by atoms with Gasteiger partial charge in [0.25, 0.3) is 5.69 Å². The lowest BCUT2D eigenvalue weighted by molar-refractivity contribution is -0.384. The van der Waals surface area contributed by atoms with Crippen molar-refractivity contribution in [1.29, 1.82) is 0 Å². The van der Waals surface area contributed by atoms with E-state index in [-0.39, 0.29) is 5.69 Å². The van der Waals surface area contributed by atoms with Crippen molar-refractivity contribution in [2.75, 3.05) is 7.11 Å². The first kappa shape index (κ1) is 15.8. The van der Waals surface area contributed by atoms with Crippen molar-refractivity contribution in [3.8, 4) is 5.75 Å². The predicted molar refractivity (Wildman–Crippen MR) is 90.0 cm³/mol. The van der Waals surface area contributed by atoms with E-state index in [0.29, 0.717) is 22.4 Å². The van der Waals surface area contributed by atoms with Gasteiger partial charge in [-0.15, -0.1) is 0 Å². The third-order valence-corrected chi connectivity index (χ3v) is 3.80. The van der Waals surface area contributed by atoms with E-state index in [1.165, 1.54) is 12.1 Å². The third kappa shape index (κ3) is 2.89. The van der Waals surface area contributed by atoms with Crippen LogP contribution in [-0.4, -0.2) is 22.0 Å². The Morgan fingerprint density at radius 2 is 1.88 bits per heavy atom. The molecule has 0 aliphatic rings. The monoisotopic (exact) mass is 324 g/mol. The predicted octanol–water partition coefficient (Wildman–Crippen LogP) is 2.90. The van der Waals surface area contributed by atoms with Gasteiger partial charge in [0.05, 0.1) is 29.3 Å². The van der Waals surface area contributed by atoms with Crippen molar-refractivity contribution in [2.24, 2.45) is 5.73 Å². The molecule has 0 bridgehead atoms. The van der Waals surface area contributed by atoms with Gasteiger partial charge in [-0.05, 0) is 30.7 Å². The third-order valence-electron chi connectivity index (χ3n) is 3.80. The van der Waals surface area contributed by atoms with E-state index in [4.69, 9.17) is 10.5 Å². The van der Waals surface area contributed by atoms with Crippen molar-refractivity contribution in [1.82, 2.24) is 9.97 Å². The maximum atomic E-state index is 11.0. The van der Waals surface area contributed by atoms with E-state index in [1.807, 2.05) is 24.3 Å². The number of benzene rings is 2. The van der Waals surface area contributed by atoms with Gasteiger partial charge in [-0.2, -0.15) is 0 Å². The van der Waals surface area contributed by atoms with Gasteiger partial charge in [0.1, 0.15) is 11.6 Å². The van der Waals surface area contributed by atoms with Crippen LogP contribution in [0.5, 0.6) is 5.75 Å². The first-order valence-electron chi connectivity index (χ1n) is 7.32. The minimum Gasteiger partial charge on any atom is -0.497 e. The Kier molecular flexibility index (Phi) is 4.09. The molecule has 0 amide bonds. The average Bonchev–Trinajstić information content (AvgIpc) is 2.59. The highest BCUT2D eigenvalue weighted by Crippen LogP contribution is 2.28. The van der Waals surface area contributed by atoms with E-state index in [1.54, 1.807) is 20.1 Å². The minimum absolute atomic E-state index is 0.00966. The number of non-ortho nitro benzene ring substituents is 1. The maximum absolute atomic E-state index is 11.0. The molecule has 3 aromatic rings.